The summed E-state index contributed by atoms with van der Waals surface area (Å²) in [5, 5.41) is 1.15. The Bertz CT molecular complexity index is 916. The van der Waals surface area contributed by atoms with E-state index in [9.17, 15) is 14.4 Å². The van der Waals surface area contributed by atoms with E-state index in [2.05, 4.69) is 13.1 Å². The minimum atomic E-state index is -2.22. The second-order valence-electron chi connectivity index (χ2n) is 8.45. The van der Waals surface area contributed by atoms with Crippen LogP contribution in [-0.4, -0.2) is 50.7 Å². The van der Waals surface area contributed by atoms with Crippen molar-refractivity contribution >= 4 is 31.2 Å². The topological polar surface area (TPSA) is 72.9 Å². The van der Waals surface area contributed by atoms with Crippen LogP contribution < -0.4 is 5.19 Å². The van der Waals surface area contributed by atoms with Crippen LogP contribution in [0.15, 0.2) is 60.7 Å². The lowest BCUT2D eigenvalue weighted by atomic mass is 10.1. The molecular formula is C24H29NO5Si. The molecule has 0 unspecified atom stereocenters. The maximum absolute atomic E-state index is 13.3. The standard InChI is InChI=1S/C24H29NO5Si/c1-29-23(27)16-21(31(2,3)20-12-8-5-9-13-20)15-22(26)25-19(17-30-24(25)28)14-18-10-6-4-7-11-18/h4-13,19,21H,14-17H2,1-3H3/t19-,21+/m0/s1. The van der Waals surface area contributed by atoms with Crippen molar-refractivity contribution in [3.05, 3.63) is 66.2 Å². The zero-order valence-corrected chi connectivity index (χ0v) is 19.2. The Morgan fingerprint density at radius 3 is 2.29 bits per heavy atom. The van der Waals surface area contributed by atoms with Crippen LogP contribution in [0.4, 0.5) is 4.79 Å². The molecule has 31 heavy (non-hydrogen) atoms. The molecule has 1 aliphatic rings. The lowest BCUT2D eigenvalue weighted by Gasteiger charge is -2.33. The van der Waals surface area contributed by atoms with E-state index in [0.717, 1.165) is 10.8 Å². The number of methoxy groups -OCH3 is 1. The van der Waals surface area contributed by atoms with E-state index >= 15 is 0 Å². The number of carbonyl (C=O) groups is 3. The Morgan fingerprint density at radius 1 is 1.06 bits per heavy atom. The van der Waals surface area contributed by atoms with Gasteiger partial charge < -0.3 is 9.47 Å². The van der Waals surface area contributed by atoms with Crippen LogP contribution in [0.2, 0.25) is 18.6 Å². The van der Waals surface area contributed by atoms with Gasteiger partial charge in [-0.15, -0.1) is 0 Å². The first-order chi connectivity index (χ1) is 14.8. The Balaban J connectivity index is 1.81. The highest BCUT2D eigenvalue weighted by Gasteiger charge is 2.42. The van der Waals surface area contributed by atoms with Crippen molar-refractivity contribution in [3.63, 3.8) is 0 Å². The van der Waals surface area contributed by atoms with E-state index in [1.807, 2.05) is 60.7 Å². The van der Waals surface area contributed by atoms with Gasteiger partial charge in [-0.05, 0) is 17.5 Å². The maximum Gasteiger partial charge on any atom is 0.416 e. The van der Waals surface area contributed by atoms with Crippen LogP contribution in [0, 0.1) is 0 Å². The Morgan fingerprint density at radius 2 is 1.68 bits per heavy atom. The summed E-state index contributed by atoms with van der Waals surface area (Å²) in [6.07, 6.45) is 0.174. The first kappa shape index (κ1) is 22.7. The Hall–Kier alpha value is -2.93. The number of amides is 2. The summed E-state index contributed by atoms with van der Waals surface area (Å²) >= 11 is 0. The number of ether oxygens (including phenoxy) is 2. The third-order valence-electron chi connectivity index (χ3n) is 6.14. The predicted molar refractivity (Wildman–Crippen MR) is 121 cm³/mol. The molecule has 0 radical (unpaired) electrons. The normalized spacial score (nSPS) is 17.2. The van der Waals surface area contributed by atoms with Gasteiger partial charge in [-0.25, -0.2) is 9.69 Å². The monoisotopic (exact) mass is 439 g/mol. The van der Waals surface area contributed by atoms with Crippen LogP contribution >= 0.6 is 0 Å². The van der Waals surface area contributed by atoms with Gasteiger partial charge in [0.25, 0.3) is 0 Å². The summed E-state index contributed by atoms with van der Waals surface area (Å²) in [6.45, 7) is 4.47. The molecule has 2 amide bonds. The molecule has 0 aromatic heterocycles. The van der Waals surface area contributed by atoms with Crippen LogP contribution in [0.1, 0.15) is 18.4 Å². The van der Waals surface area contributed by atoms with Gasteiger partial charge >= 0.3 is 12.1 Å². The number of benzene rings is 2. The van der Waals surface area contributed by atoms with Crippen molar-refractivity contribution in [2.75, 3.05) is 13.7 Å². The minimum Gasteiger partial charge on any atom is -0.469 e. The second kappa shape index (κ2) is 9.92. The predicted octanol–water partition coefficient (Wildman–Crippen LogP) is 3.52. The van der Waals surface area contributed by atoms with Crippen molar-refractivity contribution < 1.29 is 23.9 Å². The molecule has 0 spiro atoms. The molecule has 1 heterocycles. The molecule has 7 heteroatoms. The highest BCUT2D eigenvalue weighted by Crippen LogP contribution is 2.32. The largest absolute Gasteiger partial charge is 0.469 e. The molecule has 1 fully saturated rings. The molecule has 6 nitrogen and oxygen atoms in total. The quantitative estimate of drug-likeness (QED) is 0.465. The molecule has 1 aliphatic heterocycles. The lowest BCUT2D eigenvalue weighted by Crippen LogP contribution is -2.49. The van der Waals surface area contributed by atoms with Gasteiger partial charge in [0.1, 0.15) is 6.61 Å². The van der Waals surface area contributed by atoms with E-state index < -0.39 is 14.2 Å². The van der Waals surface area contributed by atoms with Crippen LogP contribution in [-0.2, 0) is 25.5 Å². The molecule has 164 valence electrons. The Kier molecular flexibility index (Phi) is 7.28. The zero-order chi connectivity index (χ0) is 22.4. The smallest absolute Gasteiger partial charge is 0.416 e. The van der Waals surface area contributed by atoms with Crippen molar-refractivity contribution in [2.24, 2.45) is 0 Å². The minimum absolute atomic E-state index is 0.101. The van der Waals surface area contributed by atoms with Crippen molar-refractivity contribution in [3.8, 4) is 0 Å². The summed E-state index contributed by atoms with van der Waals surface area (Å²) in [4.78, 5) is 39.1. The van der Waals surface area contributed by atoms with E-state index in [4.69, 9.17) is 9.47 Å². The van der Waals surface area contributed by atoms with Gasteiger partial charge in [0, 0.05) is 12.8 Å². The van der Waals surface area contributed by atoms with E-state index in [0.29, 0.717) is 6.42 Å². The third kappa shape index (κ3) is 5.41. The fourth-order valence-corrected chi connectivity index (χ4v) is 6.97. The fraction of sp³-hybridized carbons (Fsp3) is 0.375. The highest BCUT2D eigenvalue weighted by molar-refractivity contribution is 6.91. The van der Waals surface area contributed by atoms with Gasteiger partial charge in [0.05, 0.1) is 21.2 Å². The molecule has 3 rings (SSSR count). The maximum atomic E-state index is 13.3. The van der Waals surface area contributed by atoms with Gasteiger partial charge in [-0.1, -0.05) is 78.9 Å². The van der Waals surface area contributed by atoms with E-state index in [1.165, 1.54) is 12.0 Å². The number of esters is 1. The molecule has 1 saturated heterocycles. The summed E-state index contributed by atoms with van der Waals surface area (Å²) in [5.74, 6) is -0.645. The molecule has 0 N–H and O–H groups in total. The number of nitrogens with zero attached hydrogens (tertiary/aromatic N) is 1. The molecule has 2 aromatic carbocycles. The van der Waals surface area contributed by atoms with Gasteiger partial charge in [-0.2, -0.15) is 0 Å². The number of rotatable bonds is 8. The SMILES string of the molecule is COC(=O)C[C@@H](CC(=O)N1C(=O)OC[C@@H]1Cc1ccccc1)[Si](C)(C)c1ccccc1. The molecule has 2 atom stereocenters. The number of imide groups is 1. The third-order valence-corrected chi connectivity index (χ3v) is 10.4. The van der Waals surface area contributed by atoms with Crippen molar-refractivity contribution in [1.29, 1.82) is 0 Å². The van der Waals surface area contributed by atoms with Crippen molar-refractivity contribution in [1.82, 2.24) is 4.90 Å². The average molecular weight is 440 g/mol. The van der Waals surface area contributed by atoms with Crippen LogP contribution in [0.3, 0.4) is 0 Å². The summed E-state index contributed by atoms with van der Waals surface area (Å²) in [7, 11) is -0.867. The lowest BCUT2D eigenvalue weighted by molar-refractivity contribution is -0.140. The first-order valence-corrected chi connectivity index (χ1v) is 13.6. The first-order valence-electron chi connectivity index (χ1n) is 10.5. The molecule has 0 bridgehead atoms. The van der Waals surface area contributed by atoms with Gasteiger partial charge in [0.2, 0.25) is 5.91 Å². The number of hydrogen-bond donors (Lipinski definition) is 0. The molecular weight excluding hydrogens is 410 g/mol. The second-order valence-corrected chi connectivity index (χ2v) is 13.3. The molecule has 0 aliphatic carbocycles. The van der Waals surface area contributed by atoms with Gasteiger partial charge in [-0.3, -0.25) is 9.59 Å². The summed E-state index contributed by atoms with van der Waals surface area (Å²) in [6, 6.07) is 19.4. The Labute approximate surface area is 184 Å². The average Bonchev–Trinajstić information content (AvgIpc) is 3.14. The van der Waals surface area contributed by atoms with Crippen LogP contribution in [0.5, 0.6) is 0 Å². The van der Waals surface area contributed by atoms with Gasteiger partial charge in [0.15, 0.2) is 0 Å². The van der Waals surface area contributed by atoms with Crippen LogP contribution in [0.25, 0.3) is 0 Å². The van der Waals surface area contributed by atoms with Crippen molar-refractivity contribution in [2.45, 2.75) is 43.9 Å². The highest BCUT2D eigenvalue weighted by atomic mass is 28.3. The van der Waals surface area contributed by atoms with E-state index in [-0.39, 0.29) is 42.9 Å². The number of hydrogen-bond acceptors (Lipinski definition) is 5. The number of cyclic esters (lactones) is 1. The molecule has 0 saturated carbocycles. The number of carbonyl (C=O) groups excluding carboxylic acids is 3. The zero-order valence-electron chi connectivity index (χ0n) is 18.2. The summed E-state index contributed by atoms with van der Waals surface area (Å²) < 4.78 is 10.1. The molecule has 2 aromatic rings. The summed E-state index contributed by atoms with van der Waals surface area (Å²) in [5.41, 5.74) is 0.828. The van der Waals surface area contributed by atoms with E-state index in [1.54, 1.807) is 0 Å². The fourth-order valence-electron chi connectivity index (χ4n) is 4.08.